The van der Waals surface area contributed by atoms with Crippen molar-refractivity contribution in [2.75, 3.05) is 13.1 Å². The summed E-state index contributed by atoms with van der Waals surface area (Å²) in [6.07, 6.45) is 10.6. The smallest absolute Gasteiger partial charge is 0.257 e. The number of amides is 1. The van der Waals surface area contributed by atoms with Gasteiger partial charge in [-0.1, -0.05) is 19.8 Å². The monoisotopic (exact) mass is 259 g/mol. The lowest BCUT2D eigenvalue weighted by atomic mass is 9.86. The number of carbonyl (C=O) groups excluding carboxylic acids is 1. The first-order valence-electron chi connectivity index (χ1n) is 7.33. The molecule has 102 valence electrons. The topological polar surface area (TPSA) is 46.1 Å². The Hall–Kier alpha value is -1.45. The number of rotatable bonds is 2. The van der Waals surface area contributed by atoms with E-state index in [0.29, 0.717) is 11.0 Å². The second-order valence-corrected chi connectivity index (χ2v) is 5.93. The number of aromatic nitrogens is 2. The van der Waals surface area contributed by atoms with Crippen LogP contribution in [0.5, 0.6) is 0 Å². The van der Waals surface area contributed by atoms with Gasteiger partial charge in [0.25, 0.3) is 5.91 Å². The van der Waals surface area contributed by atoms with Gasteiger partial charge in [-0.15, -0.1) is 0 Å². The molecule has 19 heavy (non-hydrogen) atoms. The fraction of sp³-hybridized carbons (Fsp3) is 0.667. The summed E-state index contributed by atoms with van der Waals surface area (Å²) in [6, 6.07) is 0. The third kappa shape index (κ3) is 2.36. The van der Waals surface area contributed by atoms with Crippen molar-refractivity contribution in [3.63, 3.8) is 0 Å². The first-order valence-corrected chi connectivity index (χ1v) is 7.33. The van der Waals surface area contributed by atoms with Crippen molar-refractivity contribution in [2.24, 2.45) is 5.41 Å². The fourth-order valence-corrected chi connectivity index (χ4v) is 3.47. The molecule has 3 rings (SSSR count). The maximum Gasteiger partial charge on any atom is 0.257 e. The van der Waals surface area contributed by atoms with Crippen LogP contribution in [-0.4, -0.2) is 33.9 Å². The summed E-state index contributed by atoms with van der Waals surface area (Å²) in [5.41, 5.74) is 1.06. The second-order valence-electron chi connectivity index (χ2n) is 5.93. The molecule has 4 heteroatoms. The Balaban J connectivity index is 1.70. The Morgan fingerprint density at radius 2 is 1.95 bits per heavy atom. The minimum absolute atomic E-state index is 0.103. The van der Waals surface area contributed by atoms with Gasteiger partial charge in [0.1, 0.15) is 5.82 Å². The highest BCUT2D eigenvalue weighted by Crippen LogP contribution is 2.45. The molecule has 0 radical (unpaired) electrons. The van der Waals surface area contributed by atoms with Crippen LogP contribution in [0.2, 0.25) is 0 Å². The van der Waals surface area contributed by atoms with E-state index in [2.05, 4.69) is 9.97 Å². The highest BCUT2D eigenvalue weighted by molar-refractivity contribution is 5.93. The van der Waals surface area contributed by atoms with Gasteiger partial charge >= 0.3 is 0 Å². The molecule has 2 aliphatic rings. The molecule has 2 heterocycles. The summed E-state index contributed by atoms with van der Waals surface area (Å²) in [7, 11) is 0. The molecule has 0 N–H and O–H groups in total. The molecular formula is C15H21N3O. The van der Waals surface area contributed by atoms with Crippen molar-refractivity contribution in [2.45, 2.75) is 45.4 Å². The Morgan fingerprint density at radius 1 is 1.26 bits per heavy atom. The molecule has 1 aliphatic heterocycles. The minimum Gasteiger partial charge on any atom is -0.338 e. The molecule has 1 aromatic heterocycles. The number of hydrogen-bond donors (Lipinski definition) is 0. The van der Waals surface area contributed by atoms with Crippen molar-refractivity contribution in [3.05, 3.63) is 23.8 Å². The highest BCUT2D eigenvalue weighted by Gasteiger charge is 2.41. The Kier molecular flexibility index (Phi) is 3.25. The number of hydrogen-bond acceptors (Lipinski definition) is 3. The molecular weight excluding hydrogens is 238 g/mol. The standard InChI is InChI=1S/C15H21N3O/c1-2-13-16-9-12(10-17-13)14(19)18-8-7-15(11-18)5-3-4-6-15/h9-10H,2-8,11H2,1H3. The molecule has 1 amide bonds. The summed E-state index contributed by atoms with van der Waals surface area (Å²) < 4.78 is 0. The lowest BCUT2D eigenvalue weighted by molar-refractivity contribution is 0.0772. The molecule has 1 saturated heterocycles. The van der Waals surface area contributed by atoms with E-state index in [1.54, 1.807) is 12.4 Å². The summed E-state index contributed by atoms with van der Waals surface area (Å²) >= 11 is 0. The highest BCUT2D eigenvalue weighted by atomic mass is 16.2. The zero-order valence-corrected chi connectivity index (χ0v) is 11.6. The zero-order valence-electron chi connectivity index (χ0n) is 11.6. The van der Waals surface area contributed by atoms with Gasteiger partial charge in [-0.25, -0.2) is 9.97 Å². The predicted octanol–water partition coefficient (Wildman–Crippen LogP) is 2.45. The van der Waals surface area contributed by atoms with E-state index >= 15 is 0 Å². The molecule has 4 nitrogen and oxygen atoms in total. The van der Waals surface area contributed by atoms with Crippen LogP contribution in [0.1, 0.15) is 55.2 Å². The van der Waals surface area contributed by atoms with Gasteiger partial charge in [0, 0.05) is 31.9 Å². The Labute approximate surface area is 114 Å². The van der Waals surface area contributed by atoms with Crippen LogP contribution >= 0.6 is 0 Å². The van der Waals surface area contributed by atoms with Gasteiger partial charge in [0.15, 0.2) is 0 Å². The van der Waals surface area contributed by atoms with E-state index in [4.69, 9.17) is 0 Å². The van der Waals surface area contributed by atoms with E-state index in [0.717, 1.165) is 25.3 Å². The fourth-order valence-electron chi connectivity index (χ4n) is 3.47. The van der Waals surface area contributed by atoms with Crippen LogP contribution < -0.4 is 0 Å². The van der Waals surface area contributed by atoms with Crippen LogP contribution in [0.4, 0.5) is 0 Å². The van der Waals surface area contributed by atoms with Crippen molar-refractivity contribution in [1.82, 2.24) is 14.9 Å². The first-order chi connectivity index (χ1) is 9.22. The van der Waals surface area contributed by atoms with Gasteiger partial charge in [0.2, 0.25) is 0 Å². The van der Waals surface area contributed by atoms with Crippen molar-refractivity contribution in [1.29, 1.82) is 0 Å². The minimum atomic E-state index is 0.103. The van der Waals surface area contributed by atoms with Gasteiger partial charge < -0.3 is 4.90 Å². The molecule has 0 unspecified atom stereocenters. The van der Waals surface area contributed by atoms with Gasteiger partial charge in [-0.05, 0) is 24.7 Å². The lowest BCUT2D eigenvalue weighted by Crippen LogP contribution is -2.31. The average molecular weight is 259 g/mol. The van der Waals surface area contributed by atoms with Crippen molar-refractivity contribution < 1.29 is 4.79 Å². The van der Waals surface area contributed by atoms with Crippen LogP contribution in [-0.2, 0) is 6.42 Å². The quantitative estimate of drug-likeness (QED) is 0.819. The molecule has 0 bridgehead atoms. The number of carbonyl (C=O) groups is 1. The first kappa shape index (κ1) is 12.6. The van der Waals surface area contributed by atoms with E-state index < -0.39 is 0 Å². The number of likely N-dealkylation sites (tertiary alicyclic amines) is 1. The van der Waals surface area contributed by atoms with Crippen molar-refractivity contribution >= 4 is 5.91 Å². The zero-order chi connectivity index (χ0) is 13.3. The molecule has 0 atom stereocenters. The van der Waals surface area contributed by atoms with Crippen LogP contribution in [0.25, 0.3) is 0 Å². The summed E-state index contributed by atoms with van der Waals surface area (Å²) in [6.45, 7) is 3.84. The summed E-state index contributed by atoms with van der Waals surface area (Å²) in [5.74, 6) is 0.900. The van der Waals surface area contributed by atoms with Crippen LogP contribution in [0.3, 0.4) is 0 Å². The van der Waals surface area contributed by atoms with E-state index in [-0.39, 0.29) is 5.91 Å². The van der Waals surface area contributed by atoms with Crippen LogP contribution in [0, 0.1) is 5.41 Å². The molecule has 1 saturated carbocycles. The summed E-state index contributed by atoms with van der Waals surface area (Å²) in [5, 5.41) is 0. The number of aryl methyl sites for hydroxylation is 1. The largest absolute Gasteiger partial charge is 0.338 e. The van der Waals surface area contributed by atoms with Gasteiger partial charge in [-0.2, -0.15) is 0 Å². The normalized spacial score (nSPS) is 21.2. The Bertz CT molecular complexity index is 463. The van der Waals surface area contributed by atoms with Crippen molar-refractivity contribution in [3.8, 4) is 0 Å². The SMILES string of the molecule is CCc1ncc(C(=O)N2CCC3(CCCC3)C2)cn1. The molecule has 2 fully saturated rings. The maximum atomic E-state index is 12.4. The molecule has 1 spiro atoms. The molecule has 0 aromatic carbocycles. The van der Waals surface area contributed by atoms with E-state index in [1.165, 1.54) is 32.1 Å². The lowest BCUT2D eigenvalue weighted by Gasteiger charge is -2.23. The van der Waals surface area contributed by atoms with E-state index in [9.17, 15) is 4.79 Å². The van der Waals surface area contributed by atoms with Gasteiger partial charge in [0.05, 0.1) is 5.56 Å². The van der Waals surface area contributed by atoms with Crippen LogP contribution in [0.15, 0.2) is 12.4 Å². The third-order valence-electron chi connectivity index (χ3n) is 4.66. The number of nitrogens with zero attached hydrogens (tertiary/aromatic N) is 3. The average Bonchev–Trinajstić information content (AvgIpc) is 3.09. The third-order valence-corrected chi connectivity index (χ3v) is 4.66. The Morgan fingerprint density at radius 3 is 2.58 bits per heavy atom. The summed E-state index contributed by atoms with van der Waals surface area (Å²) in [4.78, 5) is 22.9. The molecule has 1 aromatic rings. The molecule has 1 aliphatic carbocycles. The predicted molar refractivity (Wildman–Crippen MR) is 72.8 cm³/mol. The second kappa shape index (κ2) is 4.91. The maximum absolute atomic E-state index is 12.4. The van der Waals surface area contributed by atoms with Gasteiger partial charge in [-0.3, -0.25) is 4.79 Å². The van der Waals surface area contributed by atoms with E-state index in [1.807, 2.05) is 11.8 Å².